The SMILES string of the molecule is NCCCOc1cccc(C(=O)N[C@@H]2CCC[C@@H](n3cnc4c(N)nc(N)nc43)[C@@H]2O)c1. The monoisotopic (exact) mass is 440 g/mol. The van der Waals surface area contributed by atoms with Gasteiger partial charge in [-0.05, 0) is 50.4 Å². The fourth-order valence-electron chi connectivity index (χ4n) is 4.07. The van der Waals surface area contributed by atoms with E-state index in [2.05, 4.69) is 20.3 Å². The van der Waals surface area contributed by atoms with Gasteiger partial charge in [0.25, 0.3) is 5.91 Å². The van der Waals surface area contributed by atoms with Crippen LogP contribution in [0.1, 0.15) is 42.1 Å². The maximum atomic E-state index is 12.9. The Morgan fingerprint density at radius 2 is 2.12 bits per heavy atom. The molecule has 3 atom stereocenters. The summed E-state index contributed by atoms with van der Waals surface area (Å²) in [5, 5.41) is 14.0. The van der Waals surface area contributed by atoms with Crippen LogP contribution in [0.5, 0.6) is 5.75 Å². The number of hydrogen-bond acceptors (Lipinski definition) is 9. The predicted molar refractivity (Wildman–Crippen MR) is 120 cm³/mol. The zero-order valence-electron chi connectivity index (χ0n) is 17.6. The van der Waals surface area contributed by atoms with Gasteiger partial charge in [-0.2, -0.15) is 9.97 Å². The number of fused-ring (bicyclic) bond motifs is 1. The molecule has 1 amide bonds. The van der Waals surface area contributed by atoms with Gasteiger partial charge in [0.05, 0.1) is 31.1 Å². The number of imidazole rings is 1. The third kappa shape index (κ3) is 4.43. The van der Waals surface area contributed by atoms with Crippen molar-refractivity contribution >= 4 is 28.8 Å². The molecular weight excluding hydrogens is 412 g/mol. The van der Waals surface area contributed by atoms with E-state index < -0.39 is 12.1 Å². The number of aliphatic hydroxyl groups excluding tert-OH is 1. The highest BCUT2D eigenvalue weighted by atomic mass is 16.5. The van der Waals surface area contributed by atoms with Crippen molar-refractivity contribution in [2.45, 2.75) is 43.9 Å². The first kappa shape index (κ1) is 21.8. The fraction of sp³-hybridized carbons (Fsp3) is 0.429. The van der Waals surface area contributed by atoms with Crippen molar-refractivity contribution in [1.29, 1.82) is 0 Å². The molecule has 2 aromatic heterocycles. The van der Waals surface area contributed by atoms with Gasteiger partial charge in [-0.1, -0.05) is 6.07 Å². The van der Waals surface area contributed by atoms with Crippen molar-refractivity contribution in [3.8, 4) is 5.75 Å². The summed E-state index contributed by atoms with van der Waals surface area (Å²) in [5.41, 5.74) is 18.5. The zero-order valence-corrected chi connectivity index (χ0v) is 17.6. The van der Waals surface area contributed by atoms with Crippen molar-refractivity contribution in [3.05, 3.63) is 36.2 Å². The number of nitrogen functional groups attached to an aromatic ring is 2. The molecule has 1 aliphatic rings. The third-order valence-electron chi connectivity index (χ3n) is 5.67. The van der Waals surface area contributed by atoms with Crippen molar-refractivity contribution in [2.24, 2.45) is 5.73 Å². The minimum absolute atomic E-state index is 0.0421. The summed E-state index contributed by atoms with van der Waals surface area (Å²) >= 11 is 0. The number of nitrogens with zero attached hydrogens (tertiary/aromatic N) is 4. The van der Waals surface area contributed by atoms with E-state index in [0.717, 1.165) is 12.8 Å². The third-order valence-corrected chi connectivity index (χ3v) is 5.67. The van der Waals surface area contributed by atoms with Crippen LogP contribution >= 0.6 is 0 Å². The number of rotatable bonds is 7. The van der Waals surface area contributed by atoms with Crippen molar-refractivity contribution < 1.29 is 14.6 Å². The van der Waals surface area contributed by atoms with E-state index in [0.29, 0.717) is 48.5 Å². The summed E-state index contributed by atoms with van der Waals surface area (Å²) in [6, 6.07) is 6.19. The molecule has 1 saturated carbocycles. The van der Waals surface area contributed by atoms with Crippen molar-refractivity contribution in [3.63, 3.8) is 0 Å². The molecule has 3 aromatic rings. The zero-order chi connectivity index (χ0) is 22.7. The van der Waals surface area contributed by atoms with E-state index in [4.69, 9.17) is 21.9 Å². The molecular formula is C21H28N8O3. The van der Waals surface area contributed by atoms with Crippen LogP contribution in [0.3, 0.4) is 0 Å². The molecule has 0 unspecified atom stereocenters. The molecule has 0 spiro atoms. The van der Waals surface area contributed by atoms with Crippen LogP contribution in [0.2, 0.25) is 0 Å². The lowest BCUT2D eigenvalue weighted by Gasteiger charge is -2.36. The number of carbonyl (C=O) groups is 1. The van der Waals surface area contributed by atoms with Gasteiger partial charge in [-0.25, -0.2) is 4.98 Å². The summed E-state index contributed by atoms with van der Waals surface area (Å²) in [6.07, 6.45) is 3.64. The lowest BCUT2D eigenvalue weighted by atomic mass is 9.87. The van der Waals surface area contributed by atoms with Gasteiger partial charge < -0.3 is 36.9 Å². The van der Waals surface area contributed by atoms with Gasteiger partial charge >= 0.3 is 0 Å². The Bertz CT molecular complexity index is 1100. The second-order valence-corrected chi connectivity index (χ2v) is 7.88. The van der Waals surface area contributed by atoms with Crippen molar-refractivity contribution in [1.82, 2.24) is 24.8 Å². The summed E-state index contributed by atoms with van der Waals surface area (Å²) in [4.78, 5) is 25.3. The minimum atomic E-state index is -0.841. The molecule has 1 aliphatic carbocycles. The van der Waals surface area contributed by atoms with E-state index in [1.807, 2.05) is 0 Å². The van der Waals surface area contributed by atoms with Crippen LogP contribution in [-0.4, -0.2) is 55.8 Å². The molecule has 11 nitrogen and oxygen atoms in total. The molecule has 32 heavy (non-hydrogen) atoms. The fourth-order valence-corrected chi connectivity index (χ4v) is 4.07. The first-order valence-corrected chi connectivity index (χ1v) is 10.7. The van der Waals surface area contributed by atoms with Crippen LogP contribution in [0, 0.1) is 0 Å². The number of aromatic nitrogens is 4. The Labute approximate surface area is 185 Å². The highest BCUT2D eigenvalue weighted by molar-refractivity contribution is 5.94. The molecule has 4 rings (SSSR count). The van der Waals surface area contributed by atoms with Gasteiger partial charge in [0.15, 0.2) is 11.5 Å². The normalized spacial score (nSPS) is 20.9. The average Bonchev–Trinajstić information content (AvgIpc) is 3.19. The van der Waals surface area contributed by atoms with E-state index in [1.54, 1.807) is 35.2 Å². The molecule has 170 valence electrons. The Morgan fingerprint density at radius 3 is 2.94 bits per heavy atom. The topological polar surface area (TPSA) is 180 Å². The number of carbonyl (C=O) groups excluding carboxylic acids is 1. The van der Waals surface area contributed by atoms with E-state index in [9.17, 15) is 9.90 Å². The number of ether oxygens (including phenoxy) is 1. The lowest BCUT2D eigenvalue weighted by Crippen LogP contribution is -2.49. The van der Waals surface area contributed by atoms with Crippen LogP contribution in [0.4, 0.5) is 11.8 Å². The summed E-state index contributed by atoms with van der Waals surface area (Å²) in [6.45, 7) is 1.03. The first-order chi connectivity index (χ1) is 15.5. The van der Waals surface area contributed by atoms with E-state index in [1.165, 1.54) is 0 Å². The molecule has 0 aliphatic heterocycles. The van der Waals surface area contributed by atoms with Crippen molar-refractivity contribution in [2.75, 3.05) is 24.6 Å². The molecule has 8 N–H and O–H groups in total. The predicted octanol–water partition coefficient (Wildman–Crippen LogP) is 0.603. The Hall–Kier alpha value is -3.44. The molecule has 0 saturated heterocycles. The number of hydrogen-bond donors (Lipinski definition) is 5. The smallest absolute Gasteiger partial charge is 0.251 e. The number of nitrogens with two attached hydrogens (primary N) is 3. The average molecular weight is 441 g/mol. The first-order valence-electron chi connectivity index (χ1n) is 10.7. The highest BCUT2D eigenvalue weighted by Gasteiger charge is 2.35. The molecule has 1 fully saturated rings. The molecule has 11 heteroatoms. The van der Waals surface area contributed by atoms with Crippen LogP contribution in [-0.2, 0) is 0 Å². The maximum Gasteiger partial charge on any atom is 0.251 e. The molecule has 0 bridgehead atoms. The number of nitrogens with one attached hydrogen (secondary N) is 1. The molecule has 2 heterocycles. The van der Waals surface area contributed by atoms with Gasteiger partial charge in [0.1, 0.15) is 11.3 Å². The van der Waals surface area contributed by atoms with Gasteiger partial charge in [-0.3, -0.25) is 4.79 Å². The van der Waals surface area contributed by atoms with Gasteiger partial charge in [0.2, 0.25) is 5.95 Å². The second-order valence-electron chi connectivity index (χ2n) is 7.88. The lowest BCUT2D eigenvalue weighted by molar-refractivity contribution is 0.0410. The quantitative estimate of drug-likeness (QED) is 0.329. The Kier molecular flexibility index (Phi) is 6.37. The van der Waals surface area contributed by atoms with Crippen LogP contribution in [0.15, 0.2) is 30.6 Å². The summed E-state index contributed by atoms with van der Waals surface area (Å²) in [7, 11) is 0. The van der Waals surface area contributed by atoms with E-state index in [-0.39, 0.29) is 23.7 Å². The van der Waals surface area contributed by atoms with Crippen LogP contribution < -0.4 is 27.3 Å². The second kappa shape index (κ2) is 9.37. The minimum Gasteiger partial charge on any atom is -0.494 e. The maximum absolute atomic E-state index is 12.9. The number of amides is 1. The van der Waals surface area contributed by atoms with E-state index >= 15 is 0 Å². The Morgan fingerprint density at radius 1 is 1.28 bits per heavy atom. The highest BCUT2D eigenvalue weighted by Crippen LogP contribution is 2.32. The van der Waals surface area contributed by atoms with Gasteiger partial charge in [0, 0.05) is 5.56 Å². The molecule has 0 radical (unpaired) electrons. The summed E-state index contributed by atoms with van der Waals surface area (Å²) < 4.78 is 7.38. The standard InChI is InChI=1S/C21H28N8O3/c22-8-3-9-32-13-5-1-4-12(10-13)20(31)26-14-6-2-7-15(17(14)30)29-11-25-16-18(23)27-21(24)28-19(16)29/h1,4-5,10-11,14-15,17,30H,2-3,6-9,22H2,(H,26,31)(H4,23,24,27,28)/t14-,15-,17-/m1/s1. The largest absolute Gasteiger partial charge is 0.494 e. The number of anilines is 2. The van der Waals surface area contributed by atoms with Crippen LogP contribution in [0.25, 0.3) is 11.2 Å². The van der Waals surface area contributed by atoms with Gasteiger partial charge in [-0.15, -0.1) is 0 Å². The number of benzene rings is 1. The number of aliphatic hydroxyl groups is 1. The molecule has 1 aromatic carbocycles. The summed E-state index contributed by atoms with van der Waals surface area (Å²) in [5.74, 6) is 0.564. The Balaban J connectivity index is 1.49.